The lowest BCUT2D eigenvalue weighted by atomic mass is 10.0. The minimum absolute atomic E-state index is 0.317. The normalized spacial score (nSPS) is 21.0. The third kappa shape index (κ3) is 3.43. The highest BCUT2D eigenvalue weighted by Gasteiger charge is 2.48. The van der Waals surface area contributed by atoms with Gasteiger partial charge >= 0.3 is 5.97 Å². The first kappa shape index (κ1) is 20.0. The smallest absolute Gasteiger partial charge is 0.376 e. The largest absolute Gasteiger partial charge is 0.460 e. The van der Waals surface area contributed by atoms with Crippen molar-refractivity contribution in [2.75, 3.05) is 31.8 Å². The van der Waals surface area contributed by atoms with Gasteiger partial charge in [0.15, 0.2) is 5.66 Å². The van der Waals surface area contributed by atoms with Crippen molar-refractivity contribution >= 4 is 23.2 Å². The van der Waals surface area contributed by atoms with E-state index in [0.717, 1.165) is 23.5 Å². The number of likely N-dealkylation sites (N-methyl/N-ethyl adjacent to an activating group) is 1. The molecule has 1 atom stereocenters. The molecule has 6 nitrogen and oxygen atoms in total. The number of hydrazone groups is 1. The van der Waals surface area contributed by atoms with Crippen LogP contribution in [-0.2, 0) is 9.53 Å². The molecule has 2 aliphatic rings. The zero-order valence-corrected chi connectivity index (χ0v) is 18.0. The van der Waals surface area contributed by atoms with Gasteiger partial charge in [-0.3, -0.25) is 0 Å². The molecule has 0 aromatic heterocycles. The lowest BCUT2D eigenvalue weighted by Crippen LogP contribution is -2.54. The van der Waals surface area contributed by atoms with E-state index in [1.165, 1.54) is 5.56 Å². The Balaban J connectivity index is 1.86. The van der Waals surface area contributed by atoms with Gasteiger partial charge in [-0.1, -0.05) is 48.0 Å². The standard InChI is InChI=1S/C24H28N4O2/c1-5-30-23(29)22-25-28(20-13-11-18(2)12-14-20)24(3)17-21(19-9-7-6-8-10-19)26(4)15-16-27(22)24/h6-14,17H,5,15-16H2,1-4H3. The number of aryl methyl sites for hydroxylation is 1. The number of fused-ring (bicyclic) bond motifs is 1. The summed E-state index contributed by atoms with van der Waals surface area (Å²) in [5.41, 5.74) is 3.71. The van der Waals surface area contributed by atoms with Crippen molar-refractivity contribution < 1.29 is 9.53 Å². The van der Waals surface area contributed by atoms with E-state index in [4.69, 9.17) is 9.84 Å². The Hall–Kier alpha value is -3.28. The second-order valence-electron chi connectivity index (χ2n) is 7.85. The maximum Gasteiger partial charge on any atom is 0.376 e. The maximum atomic E-state index is 12.8. The van der Waals surface area contributed by atoms with Crippen LogP contribution in [0.4, 0.5) is 5.69 Å². The number of carbonyl (C=O) groups excluding carboxylic acids is 1. The van der Waals surface area contributed by atoms with Crippen molar-refractivity contribution in [3.05, 3.63) is 71.8 Å². The molecule has 0 N–H and O–H groups in total. The summed E-state index contributed by atoms with van der Waals surface area (Å²) in [6.07, 6.45) is 2.20. The Bertz CT molecular complexity index is 984. The average molecular weight is 405 g/mol. The van der Waals surface area contributed by atoms with E-state index in [0.29, 0.717) is 19.0 Å². The van der Waals surface area contributed by atoms with Crippen molar-refractivity contribution in [1.29, 1.82) is 0 Å². The Morgan fingerprint density at radius 1 is 1.10 bits per heavy atom. The van der Waals surface area contributed by atoms with Crippen LogP contribution < -0.4 is 5.01 Å². The zero-order valence-electron chi connectivity index (χ0n) is 18.0. The van der Waals surface area contributed by atoms with Crippen LogP contribution in [0.2, 0.25) is 0 Å². The number of hydrogen-bond acceptors (Lipinski definition) is 6. The van der Waals surface area contributed by atoms with Crippen molar-refractivity contribution in [1.82, 2.24) is 9.80 Å². The molecule has 30 heavy (non-hydrogen) atoms. The third-order valence-electron chi connectivity index (χ3n) is 5.71. The van der Waals surface area contributed by atoms with Gasteiger partial charge in [-0.2, -0.15) is 0 Å². The molecule has 2 heterocycles. The van der Waals surface area contributed by atoms with Crippen molar-refractivity contribution in [2.24, 2.45) is 5.10 Å². The predicted molar refractivity (Wildman–Crippen MR) is 120 cm³/mol. The second-order valence-corrected chi connectivity index (χ2v) is 7.85. The Morgan fingerprint density at radius 2 is 1.80 bits per heavy atom. The molecule has 0 radical (unpaired) electrons. The summed E-state index contributed by atoms with van der Waals surface area (Å²) in [4.78, 5) is 17.0. The van der Waals surface area contributed by atoms with Gasteiger partial charge in [0.1, 0.15) is 0 Å². The quantitative estimate of drug-likeness (QED) is 0.728. The molecule has 6 heteroatoms. The van der Waals surface area contributed by atoms with Crippen LogP contribution in [0.3, 0.4) is 0 Å². The molecule has 2 aromatic rings. The van der Waals surface area contributed by atoms with E-state index in [1.54, 1.807) is 0 Å². The number of amidine groups is 1. The molecule has 0 spiro atoms. The van der Waals surface area contributed by atoms with Crippen molar-refractivity contribution in [3.8, 4) is 0 Å². The Kier molecular flexibility index (Phi) is 5.24. The van der Waals surface area contributed by atoms with E-state index in [9.17, 15) is 4.79 Å². The highest BCUT2D eigenvalue weighted by atomic mass is 16.5. The molecule has 0 bridgehead atoms. The molecule has 0 saturated heterocycles. The molecule has 0 fully saturated rings. The van der Waals surface area contributed by atoms with Gasteiger partial charge < -0.3 is 14.5 Å². The highest BCUT2D eigenvalue weighted by molar-refractivity contribution is 6.36. The molecular weight excluding hydrogens is 376 g/mol. The predicted octanol–water partition coefficient (Wildman–Crippen LogP) is 3.70. The van der Waals surface area contributed by atoms with E-state index in [1.807, 2.05) is 42.3 Å². The van der Waals surface area contributed by atoms with Crippen LogP contribution in [0.15, 0.2) is 65.8 Å². The molecule has 0 amide bonds. The monoisotopic (exact) mass is 404 g/mol. The summed E-state index contributed by atoms with van der Waals surface area (Å²) in [5.74, 6) is -0.0450. The molecule has 4 rings (SSSR count). The van der Waals surface area contributed by atoms with Gasteiger partial charge in [-0.05, 0) is 44.5 Å². The first-order valence-electron chi connectivity index (χ1n) is 10.3. The lowest BCUT2D eigenvalue weighted by Gasteiger charge is -2.38. The minimum Gasteiger partial charge on any atom is -0.460 e. The van der Waals surface area contributed by atoms with E-state index < -0.39 is 11.6 Å². The second kappa shape index (κ2) is 7.86. The van der Waals surface area contributed by atoms with Crippen LogP contribution in [-0.4, -0.2) is 54.0 Å². The number of ether oxygens (including phenoxy) is 1. The van der Waals surface area contributed by atoms with E-state index >= 15 is 0 Å². The van der Waals surface area contributed by atoms with Crippen LogP contribution in [0.1, 0.15) is 25.0 Å². The summed E-state index contributed by atoms with van der Waals surface area (Å²) in [6.45, 7) is 7.70. The first-order valence-corrected chi connectivity index (χ1v) is 10.3. The van der Waals surface area contributed by atoms with Gasteiger partial charge in [0.25, 0.3) is 0 Å². The van der Waals surface area contributed by atoms with Gasteiger partial charge in [-0.25, -0.2) is 9.80 Å². The summed E-state index contributed by atoms with van der Waals surface area (Å²) in [5, 5.41) is 6.69. The minimum atomic E-state index is -0.646. The SMILES string of the molecule is CCOC(=O)C1=NN(c2ccc(C)cc2)C2(C)C=C(c3ccccc3)N(C)CCN12. The molecule has 156 valence electrons. The zero-order chi connectivity index (χ0) is 21.3. The fourth-order valence-electron chi connectivity index (χ4n) is 4.05. The van der Waals surface area contributed by atoms with Crippen LogP contribution in [0.25, 0.3) is 5.70 Å². The summed E-state index contributed by atoms with van der Waals surface area (Å²) in [7, 11) is 2.09. The number of rotatable bonds is 4. The van der Waals surface area contributed by atoms with Gasteiger partial charge in [-0.15, -0.1) is 5.10 Å². The number of nitrogens with zero attached hydrogens (tertiary/aromatic N) is 4. The molecule has 2 aromatic carbocycles. The Labute approximate surface area is 178 Å². The highest BCUT2D eigenvalue weighted by Crippen LogP contribution is 2.38. The number of hydrogen-bond donors (Lipinski definition) is 0. The number of anilines is 1. The molecule has 0 saturated carbocycles. The topological polar surface area (TPSA) is 48.4 Å². The van der Waals surface area contributed by atoms with Crippen LogP contribution in [0, 0.1) is 6.92 Å². The number of esters is 1. The molecular formula is C24H28N4O2. The van der Waals surface area contributed by atoms with Crippen LogP contribution >= 0.6 is 0 Å². The van der Waals surface area contributed by atoms with Gasteiger partial charge in [0, 0.05) is 25.8 Å². The summed E-state index contributed by atoms with van der Waals surface area (Å²) in [6, 6.07) is 18.5. The maximum absolute atomic E-state index is 12.8. The van der Waals surface area contributed by atoms with E-state index in [2.05, 4.69) is 61.0 Å². The van der Waals surface area contributed by atoms with E-state index in [-0.39, 0.29) is 0 Å². The number of carbonyl (C=O) groups is 1. The van der Waals surface area contributed by atoms with Crippen molar-refractivity contribution in [3.63, 3.8) is 0 Å². The molecule has 2 aliphatic heterocycles. The third-order valence-corrected chi connectivity index (χ3v) is 5.71. The van der Waals surface area contributed by atoms with Gasteiger partial charge in [0.2, 0.25) is 5.84 Å². The summed E-state index contributed by atoms with van der Waals surface area (Å²) < 4.78 is 5.33. The fraction of sp³-hybridized carbons (Fsp3) is 0.333. The Morgan fingerprint density at radius 3 is 2.47 bits per heavy atom. The average Bonchev–Trinajstić information content (AvgIpc) is 2.96. The first-order chi connectivity index (χ1) is 14.4. The van der Waals surface area contributed by atoms with Crippen LogP contribution in [0.5, 0.6) is 0 Å². The van der Waals surface area contributed by atoms with Crippen molar-refractivity contribution in [2.45, 2.75) is 26.4 Å². The molecule has 0 aliphatic carbocycles. The fourth-order valence-corrected chi connectivity index (χ4v) is 4.05. The summed E-state index contributed by atoms with van der Waals surface area (Å²) >= 11 is 0. The molecule has 1 unspecified atom stereocenters. The lowest BCUT2D eigenvalue weighted by molar-refractivity contribution is -0.136. The van der Waals surface area contributed by atoms with Gasteiger partial charge in [0.05, 0.1) is 12.3 Å². The number of benzene rings is 2.